The molecule has 0 aliphatic heterocycles. The summed E-state index contributed by atoms with van der Waals surface area (Å²) in [5, 5.41) is 0. The van der Waals surface area contributed by atoms with Crippen molar-refractivity contribution in [2.24, 2.45) is 0 Å². The second kappa shape index (κ2) is 9.75. The van der Waals surface area contributed by atoms with Gasteiger partial charge in [0.1, 0.15) is 22.7 Å². The van der Waals surface area contributed by atoms with Gasteiger partial charge in [0.25, 0.3) is 0 Å². The second-order valence-corrected chi connectivity index (χ2v) is 9.39. The van der Waals surface area contributed by atoms with Crippen LogP contribution in [0, 0.1) is 11.6 Å². The Balaban J connectivity index is 1.54. The van der Waals surface area contributed by atoms with Crippen molar-refractivity contribution in [3.8, 4) is 45.0 Å². The number of rotatable bonds is 4. The Bertz CT molecular complexity index is 1990. The van der Waals surface area contributed by atoms with E-state index >= 15 is 0 Å². The van der Waals surface area contributed by atoms with E-state index in [1.807, 2.05) is 72.8 Å². The van der Waals surface area contributed by atoms with Crippen LogP contribution in [0.15, 0.2) is 121 Å². The normalized spacial score (nSPS) is 11.2. The zero-order valence-electron chi connectivity index (χ0n) is 21.1. The maximum Gasteiger partial charge on any atom is 0.123 e. The minimum atomic E-state index is -0.349. The predicted octanol–water partition coefficient (Wildman–Crippen LogP) is 8.52. The average molecular weight is 523 g/mol. The van der Waals surface area contributed by atoms with Crippen LogP contribution >= 0.6 is 0 Å². The zero-order chi connectivity index (χ0) is 27.1. The molecule has 0 saturated heterocycles. The molecule has 0 fully saturated rings. The van der Waals surface area contributed by atoms with Crippen molar-refractivity contribution in [1.82, 2.24) is 19.9 Å². The van der Waals surface area contributed by atoms with Crippen LogP contribution in [-0.2, 0) is 0 Å². The van der Waals surface area contributed by atoms with Gasteiger partial charge in [-0.25, -0.2) is 28.7 Å². The first kappa shape index (κ1) is 23.7. The highest BCUT2D eigenvalue weighted by Gasteiger charge is 2.19. The summed E-state index contributed by atoms with van der Waals surface area (Å²) in [6.45, 7) is 0. The summed E-state index contributed by atoms with van der Waals surface area (Å²) in [6, 6.07) is 35.9. The van der Waals surface area contributed by atoms with E-state index < -0.39 is 0 Å². The highest BCUT2D eigenvalue weighted by atomic mass is 19.1. The van der Waals surface area contributed by atoms with E-state index in [2.05, 4.69) is 0 Å². The highest BCUT2D eigenvalue weighted by molar-refractivity contribution is 6.03. The van der Waals surface area contributed by atoms with Gasteiger partial charge in [0.05, 0.1) is 33.8 Å². The number of fused-ring (bicyclic) bond motifs is 3. The SMILES string of the molecule is Fc1ccc(-c2nc3ccc4nc(-c5ccccc5)c(-c5ccccc5)nc4c3nc2-c2ccc(F)cc2)cc1. The molecular weight excluding hydrogens is 502 g/mol. The van der Waals surface area contributed by atoms with Crippen LogP contribution in [0.4, 0.5) is 8.78 Å². The fourth-order valence-corrected chi connectivity index (χ4v) is 4.85. The maximum absolute atomic E-state index is 13.8. The van der Waals surface area contributed by atoms with Crippen molar-refractivity contribution in [1.29, 1.82) is 0 Å². The highest BCUT2D eigenvalue weighted by Crippen LogP contribution is 2.36. The van der Waals surface area contributed by atoms with Gasteiger partial charge >= 0.3 is 0 Å². The quantitative estimate of drug-likeness (QED) is 0.217. The third-order valence-electron chi connectivity index (χ3n) is 6.80. The fourth-order valence-electron chi connectivity index (χ4n) is 4.85. The summed E-state index contributed by atoms with van der Waals surface area (Å²) >= 11 is 0. The van der Waals surface area contributed by atoms with Gasteiger partial charge in [-0.05, 0) is 60.7 Å². The molecular formula is C34H20F2N4. The molecule has 4 nitrogen and oxygen atoms in total. The summed E-state index contributed by atoms with van der Waals surface area (Å²) in [5.41, 5.74) is 8.38. The van der Waals surface area contributed by atoms with Gasteiger partial charge in [0.2, 0.25) is 0 Å². The van der Waals surface area contributed by atoms with Gasteiger partial charge in [-0.3, -0.25) is 0 Å². The smallest absolute Gasteiger partial charge is 0.123 e. The van der Waals surface area contributed by atoms with Crippen molar-refractivity contribution in [3.05, 3.63) is 133 Å². The Morgan fingerprint density at radius 3 is 1.02 bits per heavy atom. The van der Waals surface area contributed by atoms with Gasteiger partial charge in [-0.2, -0.15) is 0 Å². The minimum Gasteiger partial charge on any atom is -0.244 e. The van der Waals surface area contributed by atoms with Crippen LogP contribution in [0.1, 0.15) is 0 Å². The molecule has 2 heterocycles. The predicted molar refractivity (Wildman–Crippen MR) is 154 cm³/mol. The molecule has 0 N–H and O–H groups in total. The number of nitrogens with zero attached hydrogens (tertiary/aromatic N) is 4. The minimum absolute atomic E-state index is 0.343. The van der Waals surface area contributed by atoms with Gasteiger partial charge < -0.3 is 0 Å². The Kier molecular flexibility index (Phi) is 5.78. The number of hydrogen-bond acceptors (Lipinski definition) is 4. The van der Waals surface area contributed by atoms with E-state index in [1.165, 1.54) is 24.3 Å². The first-order valence-corrected chi connectivity index (χ1v) is 12.8. The largest absolute Gasteiger partial charge is 0.244 e. The summed E-state index contributed by atoms with van der Waals surface area (Å²) < 4.78 is 27.6. The van der Waals surface area contributed by atoms with Crippen LogP contribution in [0.2, 0.25) is 0 Å². The van der Waals surface area contributed by atoms with Gasteiger partial charge in [0, 0.05) is 22.3 Å². The lowest BCUT2D eigenvalue weighted by atomic mass is 10.0. The first-order valence-electron chi connectivity index (χ1n) is 12.8. The molecule has 190 valence electrons. The van der Waals surface area contributed by atoms with E-state index in [-0.39, 0.29) is 11.6 Å². The monoisotopic (exact) mass is 522 g/mol. The molecule has 0 radical (unpaired) electrons. The third kappa shape index (κ3) is 4.25. The van der Waals surface area contributed by atoms with Crippen LogP contribution < -0.4 is 0 Å². The van der Waals surface area contributed by atoms with Crippen LogP contribution in [0.25, 0.3) is 67.1 Å². The lowest BCUT2D eigenvalue weighted by Crippen LogP contribution is -2.00. The molecule has 0 atom stereocenters. The van der Waals surface area contributed by atoms with Crippen LogP contribution in [0.5, 0.6) is 0 Å². The molecule has 40 heavy (non-hydrogen) atoms. The van der Waals surface area contributed by atoms with Crippen molar-refractivity contribution >= 4 is 22.1 Å². The average Bonchev–Trinajstić information content (AvgIpc) is 3.01. The molecule has 7 aromatic rings. The van der Waals surface area contributed by atoms with E-state index in [9.17, 15) is 8.78 Å². The molecule has 5 aromatic carbocycles. The molecule has 0 bridgehead atoms. The Morgan fingerprint density at radius 1 is 0.325 bits per heavy atom. The lowest BCUT2D eigenvalue weighted by Gasteiger charge is -2.14. The van der Waals surface area contributed by atoms with Crippen molar-refractivity contribution < 1.29 is 8.78 Å². The maximum atomic E-state index is 13.8. The van der Waals surface area contributed by atoms with E-state index in [0.717, 1.165) is 22.5 Å². The van der Waals surface area contributed by atoms with Crippen molar-refractivity contribution in [2.75, 3.05) is 0 Å². The lowest BCUT2D eigenvalue weighted by molar-refractivity contribution is 0.627. The Labute approximate surface area is 228 Å². The number of benzene rings is 5. The van der Waals surface area contributed by atoms with Gasteiger partial charge in [-0.1, -0.05) is 60.7 Å². The van der Waals surface area contributed by atoms with Gasteiger partial charge in [-0.15, -0.1) is 0 Å². The zero-order valence-corrected chi connectivity index (χ0v) is 21.1. The molecule has 0 saturated carbocycles. The Hall–Kier alpha value is -5.36. The molecule has 7 rings (SSSR count). The number of halogens is 2. The third-order valence-corrected chi connectivity index (χ3v) is 6.80. The molecule has 0 spiro atoms. The van der Waals surface area contributed by atoms with Gasteiger partial charge in [0.15, 0.2) is 0 Å². The standard InChI is InChI=1S/C34H20F2N4/c35-25-15-11-23(12-16-25)30-32(24-13-17-26(36)18-14-24)40-34-28(38-30)20-19-27-33(34)39-31(22-9-5-2-6-10-22)29(37-27)21-7-3-1-4-8-21/h1-20H. The van der Waals surface area contributed by atoms with E-state index in [4.69, 9.17) is 19.9 Å². The second-order valence-electron chi connectivity index (χ2n) is 9.39. The molecule has 0 unspecified atom stereocenters. The molecule has 2 aromatic heterocycles. The van der Waals surface area contributed by atoms with Crippen LogP contribution in [-0.4, -0.2) is 19.9 Å². The summed E-state index contributed by atoms with van der Waals surface area (Å²) in [7, 11) is 0. The molecule has 0 aliphatic carbocycles. The number of hydrogen-bond donors (Lipinski definition) is 0. The molecule has 0 aliphatic rings. The first-order chi connectivity index (χ1) is 19.6. The topological polar surface area (TPSA) is 51.6 Å². The van der Waals surface area contributed by atoms with E-state index in [0.29, 0.717) is 44.6 Å². The van der Waals surface area contributed by atoms with E-state index in [1.54, 1.807) is 24.3 Å². The Morgan fingerprint density at radius 2 is 0.650 bits per heavy atom. The summed E-state index contributed by atoms with van der Waals surface area (Å²) in [6.07, 6.45) is 0. The van der Waals surface area contributed by atoms with Crippen molar-refractivity contribution in [3.63, 3.8) is 0 Å². The summed E-state index contributed by atoms with van der Waals surface area (Å²) in [4.78, 5) is 20.2. The molecule has 6 heteroatoms. The number of aromatic nitrogens is 4. The van der Waals surface area contributed by atoms with Crippen LogP contribution in [0.3, 0.4) is 0 Å². The van der Waals surface area contributed by atoms with Crippen molar-refractivity contribution in [2.45, 2.75) is 0 Å². The molecule has 0 amide bonds. The fraction of sp³-hybridized carbons (Fsp3) is 0. The summed E-state index contributed by atoms with van der Waals surface area (Å²) in [5.74, 6) is -0.692.